The Hall–Kier alpha value is -4.19. The number of methoxy groups -OCH3 is 1. The number of nitrogens with zero attached hydrogens (tertiary/aromatic N) is 1. The molecule has 0 fully saturated rings. The minimum absolute atomic E-state index is 0.0721. The predicted octanol–water partition coefficient (Wildman–Crippen LogP) is 6.13. The molecule has 3 aromatic carbocycles. The average molecular weight is 512 g/mol. The Labute approximate surface area is 223 Å². The first kappa shape index (κ1) is 26.9. The SMILES string of the molecule is COC(=O)c1ccc(CN2C(=O)CC(c3ccc(C(C)C)cc3)C(C(=O)OCc3ccccc3)=C2C)cc1. The zero-order valence-corrected chi connectivity index (χ0v) is 22.3. The van der Waals surface area contributed by atoms with E-state index < -0.39 is 17.9 Å². The molecule has 1 aliphatic rings. The number of benzene rings is 3. The second kappa shape index (κ2) is 11.9. The zero-order chi connectivity index (χ0) is 27.2. The Kier molecular flexibility index (Phi) is 8.41. The van der Waals surface area contributed by atoms with Gasteiger partial charge in [-0.15, -0.1) is 0 Å². The molecule has 38 heavy (non-hydrogen) atoms. The van der Waals surface area contributed by atoms with E-state index in [1.165, 1.54) is 12.7 Å². The van der Waals surface area contributed by atoms with E-state index in [4.69, 9.17) is 9.47 Å². The van der Waals surface area contributed by atoms with E-state index in [1.54, 1.807) is 36.1 Å². The summed E-state index contributed by atoms with van der Waals surface area (Å²) in [6, 6.07) is 24.6. The summed E-state index contributed by atoms with van der Waals surface area (Å²) >= 11 is 0. The second-order valence-corrected chi connectivity index (χ2v) is 9.81. The average Bonchev–Trinajstić information content (AvgIpc) is 2.94. The van der Waals surface area contributed by atoms with Crippen LogP contribution in [0.15, 0.2) is 90.1 Å². The molecule has 0 radical (unpaired) electrons. The van der Waals surface area contributed by atoms with Crippen molar-refractivity contribution < 1.29 is 23.9 Å². The van der Waals surface area contributed by atoms with E-state index in [0.29, 0.717) is 22.8 Å². The van der Waals surface area contributed by atoms with Crippen molar-refractivity contribution in [3.8, 4) is 0 Å². The zero-order valence-electron chi connectivity index (χ0n) is 22.3. The van der Waals surface area contributed by atoms with Crippen LogP contribution in [0.25, 0.3) is 0 Å². The molecule has 0 saturated heterocycles. The van der Waals surface area contributed by atoms with Gasteiger partial charge in [-0.2, -0.15) is 0 Å². The lowest BCUT2D eigenvalue weighted by atomic mass is 9.83. The molecule has 6 heteroatoms. The van der Waals surface area contributed by atoms with Crippen LogP contribution in [0.4, 0.5) is 0 Å². The fraction of sp³-hybridized carbons (Fsp3) is 0.281. The first-order valence-electron chi connectivity index (χ1n) is 12.8. The Morgan fingerprint density at radius 1 is 0.895 bits per heavy atom. The monoisotopic (exact) mass is 511 g/mol. The molecule has 3 aromatic rings. The quantitative estimate of drug-likeness (QED) is 0.340. The molecule has 1 aliphatic heterocycles. The van der Waals surface area contributed by atoms with Crippen LogP contribution in [-0.4, -0.2) is 29.9 Å². The third-order valence-corrected chi connectivity index (χ3v) is 6.98. The van der Waals surface area contributed by atoms with Crippen molar-refractivity contribution in [1.29, 1.82) is 0 Å². The van der Waals surface area contributed by atoms with Crippen LogP contribution in [0.2, 0.25) is 0 Å². The van der Waals surface area contributed by atoms with Gasteiger partial charge in [-0.1, -0.05) is 80.6 Å². The van der Waals surface area contributed by atoms with Crippen molar-refractivity contribution in [3.63, 3.8) is 0 Å². The van der Waals surface area contributed by atoms with Gasteiger partial charge in [0.15, 0.2) is 0 Å². The molecule has 1 atom stereocenters. The lowest BCUT2D eigenvalue weighted by molar-refractivity contribution is -0.141. The third kappa shape index (κ3) is 6.02. The van der Waals surface area contributed by atoms with Crippen LogP contribution in [0, 0.1) is 0 Å². The van der Waals surface area contributed by atoms with Crippen molar-refractivity contribution in [2.24, 2.45) is 0 Å². The first-order chi connectivity index (χ1) is 18.3. The molecular formula is C32H33NO5. The number of rotatable bonds is 8. The van der Waals surface area contributed by atoms with Crippen molar-refractivity contribution in [3.05, 3.63) is 118 Å². The van der Waals surface area contributed by atoms with E-state index in [1.807, 2.05) is 42.5 Å². The van der Waals surface area contributed by atoms with E-state index in [2.05, 4.69) is 26.0 Å². The molecule has 0 N–H and O–H groups in total. The topological polar surface area (TPSA) is 72.9 Å². The largest absolute Gasteiger partial charge is 0.465 e. The maximum Gasteiger partial charge on any atom is 0.337 e. The molecular weight excluding hydrogens is 478 g/mol. The summed E-state index contributed by atoms with van der Waals surface area (Å²) in [4.78, 5) is 40.3. The number of hydrogen-bond donors (Lipinski definition) is 0. The third-order valence-electron chi connectivity index (χ3n) is 6.98. The Morgan fingerprint density at radius 2 is 1.55 bits per heavy atom. The highest BCUT2D eigenvalue weighted by Crippen LogP contribution is 2.38. The van der Waals surface area contributed by atoms with Gasteiger partial charge in [0, 0.05) is 18.0 Å². The van der Waals surface area contributed by atoms with Crippen LogP contribution < -0.4 is 0 Å². The number of carbonyl (C=O) groups excluding carboxylic acids is 3. The molecule has 1 heterocycles. The smallest absolute Gasteiger partial charge is 0.337 e. The van der Waals surface area contributed by atoms with Gasteiger partial charge in [0.05, 0.1) is 24.8 Å². The Balaban J connectivity index is 1.66. The minimum Gasteiger partial charge on any atom is -0.465 e. The van der Waals surface area contributed by atoms with Crippen LogP contribution in [0.5, 0.6) is 0 Å². The highest BCUT2D eigenvalue weighted by Gasteiger charge is 2.37. The summed E-state index contributed by atoms with van der Waals surface area (Å²) in [5, 5.41) is 0. The molecule has 4 rings (SSSR count). The van der Waals surface area contributed by atoms with Crippen LogP contribution in [0.1, 0.15) is 71.6 Å². The molecule has 196 valence electrons. The fourth-order valence-corrected chi connectivity index (χ4v) is 4.71. The summed E-state index contributed by atoms with van der Waals surface area (Å²) in [7, 11) is 1.34. The summed E-state index contributed by atoms with van der Waals surface area (Å²) in [5.41, 5.74) is 5.34. The molecule has 0 aromatic heterocycles. The maximum absolute atomic E-state index is 13.5. The standard InChI is InChI=1S/C32H33NO5/c1-21(2)25-14-16-26(17-15-25)28-18-29(34)33(19-23-10-12-27(13-11-23)31(35)37-4)22(3)30(28)32(36)38-20-24-8-6-5-7-9-24/h5-17,21,28H,18-20H2,1-4H3. The molecule has 1 unspecified atom stereocenters. The van der Waals surface area contributed by atoms with Gasteiger partial charge in [-0.3, -0.25) is 4.79 Å². The normalized spacial score (nSPS) is 15.6. The predicted molar refractivity (Wildman–Crippen MR) is 145 cm³/mol. The lowest BCUT2D eigenvalue weighted by Gasteiger charge is -2.34. The number of hydrogen-bond acceptors (Lipinski definition) is 5. The highest BCUT2D eigenvalue weighted by atomic mass is 16.5. The van der Waals surface area contributed by atoms with Gasteiger partial charge in [0.25, 0.3) is 0 Å². The summed E-state index contributed by atoms with van der Waals surface area (Å²) in [6.07, 6.45) is 0.161. The molecule has 6 nitrogen and oxygen atoms in total. The summed E-state index contributed by atoms with van der Waals surface area (Å²) in [5.74, 6) is -0.938. The van der Waals surface area contributed by atoms with Gasteiger partial charge in [-0.25, -0.2) is 9.59 Å². The molecule has 0 aliphatic carbocycles. The molecule has 0 spiro atoms. The summed E-state index contributed by atoms with van der Waals surface area (Å²) < 4.78 is 10.5. The maximum atomic E-state index is 13.5. The molecule has 0 bridgehead atoms. The number of ether oxygens (including phenoxy) is 2. The summed E-state index contributed by atoms with van der Waals surface area (Å²) in [6.45, 7) is 6.49. The van der Waals surface area contributed by atoms with E-state index in [-0.39, 0.29) is 25.5 Å². The molecule has 0 saturated carbocycles. The van der Waals surface area contributed by atoms with Crippen molar-refractivity contribution in [2.45, 2.75) is 52.2 Å². The van der Waals surface area contributed by atoms with Crippen molar-refractivity contribution in [1.82, 2.24) is 4.90 Å². The first-order valence-corrected chi connectivity index (χ1v) is 12.8. The fourth-order valence-electron chi connectivity index (χ4n) is 4.71. The number of allylic oxidation sites excluding steroid dienone is 1. The Bertz CT molecular complexity index is 1320. The van der Waals surface area contributed by atoms with Gasteiger partial charge in [-0.05, 0) is 47.2 Å². The Morgan fingerprint density at radius 3 is 2.16 bits per heavy atom. The van der Waals surface area contributed by atoms with Crippen molar-refractivity contribution >= 4 is 17.8 Å². The lowest BCUT2D eigenvalue weighted by Crippen LogP contribution is -2.38. The van der Waals surface area contributed by atoms with E-state index in [0.717, 1.165) is 16.7 Å². The van der Waals surface area contributed by atoms with E-state index in [9.17, 15) is 14.4 Å². The van der Waals surface area contributed by atoms with Crippen LogP contribution >= 0.6 is 0 Å². The minimum atomic E-state index is -0.428. The second-order valence-electron chi connectivity index (χ2n) is 9.81. The number of amides is 1. The highest BCUT2D eigenvalue weighted by molar-refractivity contribution is 5.96. The van der Waals surface area contributed by atoms with Gasteiger partial charge in [0.1, 0.15) is 6.61 Å². The van der Waals surface area contributed by atoms with E-state index >= 15 is 0 Å². The molecule has 1 amide bonds. The van der Waals surface area contributed by atoms with Gasteiger partial charge >= 0.3 is 11.9 Å². The number of carbonyl (C=O) groups is 3. The van der Waals surface area contributed by atoms with Crippen molar-refractivity contribution in [2.75, 3.05) is 7.11 Å². The number of esters is 2. The van der Waals surface area contributed by atoms with Crippen LogP contribution in [-0.2, 0) is 32.2 Å². The van der Waals surface area contributed by atoms with Crippen LogP contribution in [0.3, 0.4) is 0 Å². The van der Waals surface area contributed by atoms with Gasteiger partial charge in [0.2, 0.25) is 5.91 Å². The van der Waals surface area contributed by atoms with Gasteiger partial charge < -0.3 is 14.4 Å².